The number of para-hydroxylation sites is 1. The van der Waals surface area contributed by atoms with Gasteiger partial charge in [0.25, 0.3) is 5.91 Å². The van der Waals surface area contributed by atoms with Crippen LogP contribution >= 0.6 is 0 Å². The number of carbonyl (C=O) groups is 1. The molecule has 0 unspecified atom stereocenters. The molecule has 0 spiro atoms. The van der Waals surface area contributed by atoms with Crippen molar-refractivity contribution in [1.82, 2.24) is 14.9 Å². The van der Waals surface area contributed by atoms with Crippen molar-refractivity contribution in [3.05, 3.63) is 55.1 Å². The Kier molecular flexibility index (Phi) is 2.68. The molecule has 6 heteroatoms. The van der Waals surface area contributed by atoms with Crippen LogP contribution in [-0.2, 0) is 4.79 Å². The number of hydrogen-bond acceptors (Lipinski definition) is 4. The zero-order chi connectivity index (χ0) is 13.2. The first-order chi connectivity index (χ1) is 9.31. The quantitative estimate of drug-likeness (QED) is 0.768. The molecular weight excluding hydrogens is 242 g/mol. The largest absolute Gasteiger partial charge is 0.302 e. The normalized spacial score (nSPS) is 15.9. The van der Waals surface area contributed by atoms with E-state index in [4.69, 9.17) is 0 Å². The van der Waals surface area contributed by atoms with Crippen LogP contribution in [0.5, 0.6) is 0 Å². The fourth-order valence-corrected chi connectivity index (χ4v) is 2.03. The van der Waals surface area contributed by atoms with Gasteiger partial charge in [0.2, 0.25) is 0 Å². The summed E-state index contributed by atoms with van der Waals surface area (Å²) in [6.07, 6.45) is 4.58. The van der Waals surface area contributed by atoms with Gasteiger partial charge in [0.1, 0.15) is 12.7 Å². The van der Waals surface area contributed by atoms with E-state index in [1.54, 1.807) is 11.0 Å². The molecule has 1 aliphatic heterocycles. The van der Waals surface area contributed by atoms with E-state index in [1.165, 1.54) is 17.3 Å². The molecule has 94 valence electrons. The lowest BCUT2D eigenvalue weighted by molar-refractivity contribution is -0.112. The summed E-state index contributed by atoms with van der Waals surface area (Å²) in [5.74, 6) is -0.144. The van der Waals surface area contributed by atoms with E-state index in [-0.39, 0.29) is 5.91 Å². The highest BCUT2D eigenvalue weighted by Gasteiger charge is 2.33. The van der Waals surface area contributed by atoms with Gasteiger partial charge in [-0.25, -0.2) is 4.68 Å². The first kappa shape index (κ1) is 11.3. The van der Waals surface area contributed by atoms with Gasteiger partial charge in [-0.2, -0.15) is 5.10 Å². The van der Waals surface area contributed by atoms with Crippen LogP contribution in [0.2, 0.25) is 0 Å². The maximum Gasteiger partial charge on any atom is 0.279 e. The molecule has 0 saturated carbocycles. The Morgan fingerprint density at radius 3 is 2.74 bits per heavy atom. The Morgan fingerprint density at radius 2 is 2.00 bits per heavy atom. The fourth-order valence-electron chi connectivity index (χ4n) is 2.03. The molecule has 3 rings (SSSR count). The summed E-state index contributed by atoms with van der Waals surface area (Å²) in [6, 6.07) is 7.54. The minimum Gasteiger partial charge on any atom is -0.302 e. The number of aromatic nitrogens is 3. The number of rotatable bonds is 3. The van der Waals surface area contributed by atoms with Crippen LogP contribution in [0.4, 0.5) is 5.69 Å². The summed E-state index contributed by atoms with van der Waals surface area (Å²) in [7, 11) is 0. The lowest BCUT2D eigenvalue weighted by Crippen LogP contribution is -2.30. The second-order valence-corrected chi connectivity index (χ2v) is 4.01. The number of fused-ring (bicyclic) bond motifs is 1. The molecule has 0 fully saturated rings. The van der Waals surface area contributed by atoms with E-state index in [9.17, 15) is 4.79 Å². The van der Waals surface area contributed by atoms with E-state index in [0.717, 1.165) is 11.3 Å². The van der Waals surface area contributed by atoms with Crippen LogP contribution in [0, 0.1) is 0 Å². The highest BCUT2D eigenvalue weighted by Crippen LogP contribution is 2.28. The summed E-state index contributed by atoms with van der Waals surface area (Å²) >= 11 is 0. The fraction of sp³-hybridized carbons (Fsp3) is 0.0769. The molecule has 0 radical (unpaired) electrons. The standard InChI is InChI=1S/C13H11N5O/c1-2-7-18-11-6-4-3-5-10(11)12(13(18)19)16-17-8-14-15-9-17/h2-6,8-9H,1,7H2/b16-12+. The van der Waals surface area contributed by atoms with Crippen molar-refractivity contribution >= 4 is 17.3 Å². The third-order valence-corrected chi connectivity index (χ3v) is 2.83. The van der Waals surface area contributed by atoms with Crippen LogP contribution in [0.25, 0.3) is 0 Å². The predicted octanol–water partition coefficient (Wildman–Crippen LogP) is 1.06. The van der Waals surface area contributed by atoms with Crippen molar-refractivity contribution in [3.63, 3.8) is 0 Å². The van der Waals surface area contributed by atoms with Gasteiger partial charge >= 0.3 is 0 Å². The van der Waals surface area contributed by atoms with Crippen LogP contribution in [0.15, 0.2) is 54.7 Å². The van der Waals surface area contributed by atoms with Gasteiger partial charge < -0.3 is 4.90 Å². The zero-order valence-corrected chi connectivity index (χ0v) is 10.1. The minimum absolute atomic E-state index is 0.144. The second kappa shape index (κ2) is 4.49. The third-order valence-electron chi connectivity index (χ3n) is 2.83. The number of amides is 1. The van der Waals surface area contributed by atoms with Gasteiger partial charge in [-0.05, 0) is 6.07 Å². The van der Waals surface area contributed by atoms with Crippen molar-refractivity contribution in [3.8, 4) is 0 Å². The Hall–Kier alpha value is -2.76. The molecule has 0 atom stereocenters. The minimum atomic E-state index is -0.144. The molecule has 0 aliphatic carbocycles. The second-order valence-electron chi connectivity index (χ2n) is 4.01. The Morgan fingerprint density at radius 1 is 1.26 bits per heavy atom. The van der Waals surface area contributed by atoms with E-state index >= 15 is 0 Å². The first-order valence-electron chi connectivity index (χ1n) is 5.77. The molecule has 2 heterocycles. The summed E-state index contributed by atoms with van der Waals surface area (Å²) in [4.78, 5) is 14.0. The molecule has 6 nitrogen and oxygen atoms in total. The van der Waals surface area contributed by atoms with Crippen molar-refractivity contribution in [1.29, 1.82) is 0 Å². The number of hydrogen-bond donors (Lipinski definition) is 0. The van der Waals surface area contributed by atoms with Crippen molar-refractivity contribution < 1.29 is 4.79 Å². The Balaban J connectivity index is 2.12. The summed E-state index contributed by atoms with van der Waals surface area (Å²) in [5, 5.41) is 11.6. The maximum atomic E-state index is 12.4. The zero-order valence-electron chi connectivity index (χ0n) is 10.1. The molecule has 1 aromatic heterocycles. The average Bonchev–Trinajstić information content (AvgIpc) is 3.02. The Bertz CT molecular complexity index is 659. The number of carbonyl (C=O) groups excluding carboxylic acids is 1. The van der Waals surface area contributed by atoms with E-state index in [2.05, 4.69) is 21.9 Å². The van der Waals surface area contributed by atoms with Crippen molar-refractivity contribution in [2.45, 2.75) is 0 Å². The summed E-state index contributed by atoms with van der Waals surface area (Å²) in [5.41, 5.74) is 2.04. The summed E-state index contributed by atoms with van der Waals surface area (Å²) in [6.45, 7) is 4.13. The van der Waals surface area contributed by atoms with Crippen molar-refractivity contribution in [2.75, 3.05) is 11.4 Å². The molecule has 0 saturated heterocycles. The Labute approximate surface area is 109 Å². The maximum absolute atomic E-state index is 12.4. The van der Waals surface area contributed by atoms with Gasteiger partial charge in [-0.3, -0.25) is 4.79 Å². The summed E-state index contributed by atoms with van der Waals surface area (Å²) < 4.78 is 1.42. The predicted molar refractivity (Wildman–Crippen MR) is 70.9 cm³/mol. The first-order valence-corrected chi connectivity index (χ1v) is 5.77. The van der Waals surface area contributed by atoms with Crippen LogP contribution < -0.4 is 4.90 Å². The van der Waals surface area contributed by atoms with E-state index in [0.29, 0.717) is 12.3 Å². The highest BCUT2D eigenvalue weighted by molar-refractivity contribution is 6.54. The smallest absolute Gasteiger partial charge is 0.279 e. The highest BCUT2D eigenvalue weighted by atomic mass is 16.2. The van der Waals surface area contributed by atoms with Gasteiger partial charge in [0.15, 0.2) is 5.71 Å². The van der Waals surface area contributed by atoms with Crippen LogP contribution in [0.3, 0.4) is 0 Å². The molecule has 0 bridgehead atoms. The number of anilines is 1. The van der Waals surface area contributed by atoms with E-state index in [1.807, 2.05) is 24.3 Å². The van der Waals surface area contributed by atoms with Crippen LogP contribution in [-0.4, -0.2) is 33.0 Å². The third kappa shape index (κ3) is 1.83. The topological polar surface area (TPSA) is 63.4 Å². The monoisotopic (exact) mass is 253 g/mol. The van der Waals surface area contributed by atoms with Gasteiger partial charge in [-0.1, -0.05) is 24.3 Å². The molecule has 1 amide bonds. The average molecular weight is 253 g/mol. The van der Waals surface area contributed by atoms with E-state index < -0.39 is 0 Å². The number of nitrogens with zero attached hydrogens (tertiary/aromatic N) is 5. The SMILES string of the molecule is C=CCN1C(=O)/C(=N/n2cnnc2)c2ccccc21. The molecule has 1 aliphatic rings. The van der Waals surface area contributed by atoms with Gasteiger partial charge in [0, 0.05) is 12.1 Å². The van der Waals surface area contributed by atoms with Gasteiger partial charge in [0.05, 0.1) is 5.69 Å². The molecular formula is C13H11N5O. The number of benzene rings is 1. The van der Waals surface area contributed by atoms with Crippen molar-refractivity contribution in [2.24, 2.45) is 5.10 Å². The van der Waals surface area contributed by atoms with Gasteiger partial charge in [-0.15, -0.1) is 16.8 Å². The van der Waals surface area contributed by atoms with Crippen LogP contribution in [0.1, 0.15) is 5.56 Å². The lowest BCUT2D eigenvalue weighted by atomic mass is 10.1. The molecule has 0 N–H and O–H groups in total. The molecule has 19 heavy (non-hydrogen) atoms. The lowest BCUT2D eigenvalue weighted by Gasteiger charge is -2.13. The molecule has 1 aromatic carbocycles. The molecule has 2 aromatic rings.